The lowest BCUT2D eigenvalue weighted by Crippen LogP contribution is -2.41. The van der Waals surface area contributed by atoms with Crippen molar-refractivity contribution in [3.8, 4) is 0 Å². The van der Waals surface area contributed by atoms with Crippen molar-refractivity contribution in [2.75, 3.05) is 25.5 Å². The molecule has 0 spiro atoms. The third kappa shape index (κ3) is 6.63. The Balaban J connectivity index is 2.03. The van der Waals surface area contributed by atoms with E-state index < -0.39 is 22.1 Å². The number of rotatable bonds is 8. The van der Waals surface area contributed by atoms with E-state index in [2.05, 4.69) is 50.6 Å². The Morgan fingerprint density at radius 3 is 2.79 bits per heavy atom. The second kappa shape index (κ2) is 10.1. The Bertz CT molecular complexity index is 999. The summed E-state index contributed by atoms with van der Waals surface area (Å²) in [7, 11) is -3.08. The van der Waals surface area contributed by atoms with Gasteiger partial charge in [-0.25, -0.2) is 23.5 Å². The Morgan fingerprint density at radius 2 is 2.14 bits per heavy atom. The van der Waals surface area contributed by atoms with Gasteiger partial charge in [0, 0.05) is 13.1 Å². The summed E-state index contributed by atoms with van der Waals surface area (Å²) >= 11 is 3.02. The molecule has 2 rings (SSSR count). The maximum absolute atomic E-state index is 13.3. The van der Waals surface area contributed by atoms with E-state index in [1.165, 1.54) is 18.2 Å². The summed E-state index contributed by atoms with van der Waals surface area (Å²) in [5.41, 5.74) is 2.09. The minimum atomic E-state index is -4.10. The number of halogens is 2. The molecule has 0 aliphatic carbocycles. The van der Waals surface area contributed by atoms with E-state index >= 15 is 0 Å². The highest BCUT2D eigenvalue weighted by Gasteiger charge is 2.17. The van der Waals surface area contributed by atoms with Crippen molar-refractivity contribution in [1.82, 2.24) is 25.2 Å². The van der Waals surface area contributed by atoms with Crippen LogP contribution in [0, 0.1) is 5.82 Å². The average molecular weight is 496 g/mol. The predicted molar refractivity (Wildman–Crippen MR) is 100 cm³/mol. The average Bonchev–Trinajstić information content (AvgIpc) is 3.14. The van der Waals surface area contributed by atoms with Crippen LogP contribution in [0.15, 0.2) is 32.3 Å². The van der Waals surface area contributed by atoms with Crippen molar-refractivity contribution < 1.29 is 32.2 Å². The van der Waals surface area contributed by atoms with Gasteiger partial charge in [-0.1, -0.05) is 0 Å². The molecule has 0 bridgehead atoms. The van der Waals surface area contributed by atoms with E-state index in [9.17, 15) is 22.8 Å². The number of carbonyl (C=O) groups excluding carboxylic acids is 1. The molecule has 29 heavy (non-hydrogen) atoms. The highest BCUT2D eigenvalue weighted by Crippen LogP contribution is 2.23. The molecule has 13 nitrogen and oxygen atoms in total. The van der Waals surface area contributed by atoms with E-state index in [-0.39, 0.29) is 40.6 Å². The Labute approximate surface area is 171 Å². The second-order valence-electron chi connectivity index (χ2n) is 5.05. The lowest BCUT2D eigenvalue weighted by Gasteiger charge is -2.08. The van der Waals surface area contributed by atoms with E-state index in [4.69, 9.17) is 0 Å². The number of hydrogen-bond donors (Lipinski definition) is 5. The summed E-state index contributed by atoms with van der Waals surface area (Å²) in [6, 6.07) is 3.91. The highest BCUT2D eigenvalue weighted by molar-refractivity contribution is 9.10. The molecule has 158 valence electrons. The summed E-state index contributed by atoms with van der Waals surface area (Å²) in [5, 5.41) is 19.3. The standard InChI is InChI=1S/C13H15BrFN7O6S/c1-27-13(23)22-29(25,26)17-5-4-16-11-10(20-28-21-11)12(19-24)18-7-2-3-9(15)8(14)6-7/h2-3,6,17,24H,4-5H2,1H3,(H,16,21)(H,18,19)(H,22,23). The zero-order chi connectivity index (χ0) is 21.4. The molecule has 0 radical (unpaired) electrons. The summed E-state index contributed by atoms with van der Waals surface area (Å²) in [6.07, 6.45) is -1.14. The van der Waals surface area contributed by atoms with Crippen LogP contribution in [-0.4, -0.2) is 56.1 Å². The highest BCUT2D eigenvalue weighted by atomic mass is 79.9. The molecule has 0 aliphatic rings. The van der Waals surface area contributed by atoms with Crippen molar-refractivity contribution in [2.45, 2.75) is 0 Å². The van der Waals surface area contributed by atoms with Gasteiger partial charge in [-0.15, -0.1) is 0 Å². The molecule has 0 fully saturated rings. The number of aromatic nitrogens is 2. The van der Waals surface area contributed by atoms with Crippen LogP contribution in [0.1, 0.15) is 5.69 Å². The molecular weight excluding hydrogens is 481 g/mol. The molecule has 0 saturated heterocycles. The van der Waals surface area contributed by atoms with Crippen LogP contribution < -0.4 is 20.2 Å². The van der Waals surface area contributed by atoms with E-state index in [1.807, 2.05) is 5.48 Å². The van der Waals surface area contributed by atoms with Crippen LogP contribution in [0.3, 0.4) is 0 Å². The number of nitrogens with zero attached hydrogens (tertiary/aromatic N) is 3. The second-order valence-corrected chi connectivity index (χ2v) is 7.40. The van der Waals surface area contributed by atoms with Crippen molar-refractivity contribution in [3.63, 3.8) is 0 Å². The fraction of sp³-hybridized carbons (Fsp3) is 0.231. The maximum atomic E-state index is 13.3. The minimum Gasteiger partial charge on any atom is -0.452 e. The van der Waals surface area contributed by atoms with E-state index in [1.54, 1.807) is 4.72 Å². The first-order valence-electron chi connectivity index (χ1n) is 7.61. The number of carbonyl (C=O) groups is 1. The van der Waals surface area contributed by atoms with Gasteiger partial charge < -0.3 is 10.1 Å². The monoisotopic (exact) mass is 495 g/mol. The molecular formula is C13H15BrFN7O6S. The van der Waals surface area contributed by atoms with Gasteiger partial charge in [0.15, 0.2) is 11.5 Å². The third-order valence-electron chi connectivity index (χ3n) is 3.08. The first kappa shape index (κ1) is 22.5. The van der Waals surface area contributed by atoms with Gasteiger partial charge in [-0.2, -0.15) is 13.1 Å². The summed E-state index contributed by atoms with van der Waals surface area (Å²) in [5.74, 6) is -0.621. The van der Waals surface area contributed by atoms with Crippen LogP contribution in [0.4, 0.5) is 20.7 Å². The number of nitrogens with one attached hydrogen (secondary N) is 4. The fourth-order valence-corrected chi connectivity index (χ4v) is 2.94. The Morgan fingerprint density at radius 1 is 1.38 bits per heavy atom. The SMILES string of the molecule is COC(=O)NS(=O)(=O)NCCNc1nonc1C(=Nc1ccc(F)c(Br)c1)NO. The summed E-state index contributed by atoms with van der Waals surface area (Å²) in [4.78, 5) is 15.0. The Kier molecular flexibility index (Phi) is 7.82. The topological polar surface area (TPSA) is 180 Å². The first-order valence-corrected chi connectivity index (χ1v) is 9.89. The molecule has 1 aromatic heterocycles. The first-order chi connectivity index (χ1) is 13.8. The van der Waals surface area contributed by atoms with Gasteiger partial charge in [0.1, 0.15) is 5.82 Å². The fourth-order valence-electron chi connectivity index (χ4n) is 1.83. The molecule has 0 atom stereocenters. The van der Waals surface area contributed by atoms with Crippen LogP contribution >= 0.6 is 15.9 Å². The molecule has 0 aliphatic heterocycles. The molecule has 0 saturated carbocycles. The zero-order valence-corrected chi connectivity index (χ0v) is 17.0. The molecule has 0 unspecified atom stereocenters. The number of ether oxygens (including phenoxy) is 1. The van der Waals surface area contributed by atoms with Crippen molar-refractivity contribution in [1.29, 1.82) is 0 Å². The van der Waals surface area contributed by atoms with Gasteiger partial charge in [-0.05, 0) is 44.4 Å². The normalized spacial score (nSPS) is 11.8. The lowest BCUT2D eigenvalue weighted by molar-refractivity contribution is 0.177. The van der Waals surface area contributed by atoms with Crippen LogP contribution in [0.2, 0.25) is 0 Å². The number of amidine groups is 1. The van der Waals surface area contributed by atoms with E-state index in [0.717, 1.165) is 7.11 Å². The number of hydrogen-bond acceptors (Lipinski definition) is 10. The van der Waals surface area contributed by atoms with Crippen LogP contribution in [0.5, 0.6) is 0 Å². The number of aliphatic imine (C=N–C) groups is 1. The van der Waals surface area contributed by atoms with Crippen molar-refractivity contribution in [2.24, 2.45) is 4.99 Å². The van der Waals surface area contributed by atoms with Crippen molar-refractivity contribution >= 4 is 49.6 Å². The molecule has 1 aromatic carbocycles. The van der Waals surface area contributed by atoms with Crippen LogP contribution in [0.25, 0.3) is 0 Å². The van der Waals surface area contributed by atoms with Crippen LogP contribution in [-0.2, 0) is 14.9 Å². The smallest absolute Gasteiger partial charge is 0.421 e. The molecule has 1 amide bonds. The summed E-state index contributed by atoms with van der Waals surface area (Å²) in [6.45, 7) is -0.146. The Hall–Kier alpha value is -2.82. The maximum Gasteiger partial charge on any atom is 0.421 e. The lowest BCUT2D eigenvalue weighted by atomic mass is 10.3. The quantitative estimate of drug-likeness (QED) is 0.151. The van der Waals surface area contributed by atoms with Crippen molar-refractivity contribution in [3.05, 3.63) is 34.2 Å². The minimum absolute atomic E-state index is 0.00407. The largest absolute Gasteiger partial charge is 0.452 e. The number of hydroxylamine groups is 1. The van der Waals surface area contributed by atoms with Gasteiger partial charge in [0.05, 0.1) is 17.3 Å². The molecule has 5 N–H and O–H groups in total. The number of anilines is 1. The number of methoxy groups -OCH3 is 1. The molecule has 1 heterocycles. The van der Waals surface area contributed by atoms with Gasteiger partial charge in [0.2, 0.25) is 5.82 Å². The third-order valence-corrected chi connectivity index (χ3v) is 4.70. The van der Waals surface area contributed by atoms with Gasteiger partial charge >= 0.3 is 16.3 Å². The van der Waals surface area contributed by atoms with Gasteiger partial charge in [-0.3, -0.25) is 10.7 Å². The summed E-state index contributed by atoms with van der Waals surface area (Å²) < 4.78 is 49.1. The zero-order valence-electron chi connectivity index (χ0n) is 14.6. The number of amides is 1. The van der Waals surface area contributed by atoms with E-state index in [0.29, 0.717) is 0 Å². The van der Waals surface area contributed by atoms with Gasteiger partial charge in [0.25, 0.3) is 0 Å². The number of benzene rings is 1. The molecule has 2 aromatic rings. The molecule has 16 heteroatoms. The predicted octanol–water partition coefficient (Wildman–Crippen LogP) is 0.631.